The van der Waals surface area contributed by atoms with Crippen molar-refractivity contribution in [3.63, 3.8) is 0 Å². The number of aryl methyl sites for hydroxylation is 1. The van der Waals surface area contributed by atoms with Gasteiger partial charge in [0.2, 0.25) is 0 Å². The highest BCUT2D eigenvalue weighted by Crippen LogP contribution is 2.42. The number of aromatic nitrogens is 1. The first-order chi connectivity index (χ1) is 11.0. The summed E-state index contributed by atoms with van der Waals surface area (Å²) in [6.45, 7) is 2.61. The van der Waals surface area contributed by atoms with Crippen molar-refractivity contribution in [3.8, 4) is 11.8 Å². The number of aliphatic hydroxyl groups is 1. The number of ether oxygens (including phenoxy) is 1. The molecule has 2 unspecified atom stereocenters. The van der Waals surface area contributed by atoms with E-state index in [2.05, 4.69) is 16.8 Å². The summed E-state index contributed by atoms with van der Waals surface area (Å²) in [5, 5.41) is 11.1. The summed E-state index contributed by atoms with van der Waals surface area (Å²) in [4.78, 5) is 17.8. The topological polar surface area (TPSA) is 62.7 Å². The summed E-state index contributed by atoms with van der Waals surface area (Å²) in [7, 11) is 1.40. The number of rotatable bonds is 0. The molecule has 0 spiro atoms. The van der Waals surface area contributed by atoms with E-state index in [0.717, 1.165) is 24.8 Å². The number of carbonyl (C=O) groups excluding carboxylic acids is 1. The van der Waals surface area contributed by atoms with E-state index < -0.39 is 5.60 Å². The van der Waals surface area contributed by atoms with E-state index in [9.17, 15) is 9.90 Å². The molecule has 1 saturated carbocycles. The molecule has 0 aromatic carbocycles. The Labute approximate surface area is 136 Å². The van der Waals surface area contributed by atoms with E-state index in [1.54, 1.807) is 11.1 Å². The number of hydrogen-bond donors (Lipinski definition) is 1. The van der Waals surface area contributed by atoms with Gasteiger partial charge < -0.3 is 14.7 Å². The molecule has 1 aliphatic carbocycles. The maximum Gasteiger partial charge on any atom is 0.409 e. The van der Waals surface area contributed by atoms with Gasteiger partial charge in [0.25, 0.3) is 0 Å². The highest BCUT2D eigenvalue weighted by Gasteiger charge is 2.50. The zero-order chi connectivity index (χ0) is 16.4. The van der Waals surface area contributed by atoms with Crippen LogP contribution in [0, 0.1) is 24.7 Å². The fourth-order valence-electron chi connectivity index (χ4n) is 3.81. The number of pyridine rings is 1. The van der Waals surface area contributed by atoms with Gasteiger partial charge in [0, 0.05) is 24.7 Å². The van der Waals surface area contributed by atoms with Crippen molar-refractivity contribution in [1.82, 2.24) is 9.88 Å². The lowest BCUT2D eigenvalue weighted by molar-refractivity contribution is -0.0136. The Morgan fingerprint density at radius 3 is 3.09 bits per heavy atom. The van der Waals surface area contributed by atoms with Crippen LogP contribution in [0.4, 0.5) is 4.79 Å². The molecule has 0 radical (unpaired) electrons. The van der Waals surface area contributed by atoms with Gasteiger partial charge in [-0.1, -0.05) is 5.92 Å². The third kappa shape index (κ3) is 3.04. The standard InChI is InChI=1S/C18H22N2O3/c1-13-6-10-19-14(12-13)5-9-18(22)8-3-4-16-15(18)7-11-20(16)17(21)23-2/h6,10,12,15-16,22H,3-4,7-8,11H2,1-2H3/t15?,16?,18-/m1/s1. The maximum atomic E-state index is 11.9. The van der Waals surface area contributed by atoms with Gasteiger partial charge in [0.1, 0.15) is 11.3 Å². The molecular formula is C18H22N2O3. The predicted octanol–water partition coefficient (Wildman–Crippen LogP) is 2.11. The SMILES string of the molecule is COC(=O)N1CCC2C1CCC[C@@]2(O)C#Cc1cc(C)ccn1. The molecule has 1 aromatic rings. The van der Waals surface area contributed by atoms with Crippen molar-refractivity contribution in [2.45, 2.75) is 44.2 Å². The van der Waals surface area contributed by atoms with Gasteiger partial charge in [-0.05, 0) is 56.2 Å². The number of amides is 1. The van der Waals surface area contributed by atoms with Crippen molar-refractivity contribution in [3.05, 3.63) is 29.6 Å². The second-order valence-corrected chi connectivity index (χ2v) is 6.41. The lowest BCUT2D eigenvalue weighted by Gasteiger charge is -2.39. The van der Waals surface area contributed by atoms with Crippen molar-refractivity contribution < 1.29 is 14.6 Å². The molecule has 0 bridgehead atoms. The first kappa shape index (κ1) is 15.8. The lowest BCUT2D eigenvalue weighted by atomic mass is 9.73. The van der Waals surface area contributed by atoms with E-state index >= 15 is 0 Å². The van der Waals surface area contributed by atoms with Gasteiger partial charge in [0.05, 0.1) is 7.11 Å². The van der Waals surface area contributed by atoms with Gasteiger partial charge in [-0.3, -0.25) is 0 Å². The number of likely N-dealkylation sites (tertiary alicyclic amines) is 1. The van der Waals surface area contributed by atoms with Crippen molar-refractivity contribution in [2.24, 2.45) is 5.92 Å². The molecule has 2 aliphatic rings. The van der Waals surface area contributed by atoms with Gasteiger partial charge in [0.15, 0.2) is 0 Å². The number of nitrogens with zero attached hydrogens (tertiary/aromatic N) is 2. The van der Waals surface area contributed by atoms with E-state index in [0.29, 0.717) is 18.7 Å². The third-order valence-corrected chi connectivity index (χ3v) is 4.95. The summed E-state index contributed by atoms with van der Waals surface area (Å²) in [5.74, 6) is 6.05. The molecule has 3 rings (SSSR count). The molecule has 2 heterocycles. The fraction of sp³-hybridized carbons (Fsp3) is 0.556. The molecule has 2 fully saturated rings. The summed E-state index contributed by atoms with van der Waals surface area (Å²) < 4.78 is 4.85. The Bertz CT molecular complexity index is 664. The monoisotopic (exact) mass is 314 g/mol. The van der Waals surface area contributed by atoms with Crippen LogP contribution in [0.15, 0.2) is 18.3 Å². The second-order valence-electron chi connectivity index (χ2n) is 6.41. The molecular weight excluding hydrogens is 292 g/mol. The molecule has 1 saturated heterocycles. The summed E-state index contributed by atoms with van der Waals surface area (Å²) in [6, 6.07) is 3.84. The average molecular weight is 314 g/mol. The van der Waals surface area contributed by atoms with Crippen LogP contribution in [-0.4, -0.2) is 46.4 Å². The van der Waals surface area contributed by atoms with E-state index in [4.69, 9.17) is 4.74 Å². The minimum atomic E-state index is -1.06. The molecule has 5 nitrogen and oxygen atoms in total. The highest BCUT2D eigenvalue weighted by molar-refractivity contribution is 5.68. The van der Waals surface area contributed by atoms with Crippen LogP contribution in [0.5, 0.6) is 0 Å². The normalized spacial score (nSPS) is 29.4. The Hall–Kier alpha value is -2.06. The van der Waals surface area contributed by atoms with Gasteiger partial charge in [-0.15, -0.1) is 0 Å². The summed E-state index contributed by atoms with van der Waals surface area (Å²) >= 11 is 0. The number of carbonyl (C=O) groups is 1. The van der Waals surface area contributed by atoms with E-state index in [1.807, 2.05) is 19.1 Å². The fourth-order valence-corrected chi connectivity index (χ4v) is 3.81. The minimum Gasteiger partial charge on any atom is -0.453 e. The Morgan fingerprint density at radius 2 is 2.35 bits per heavy atom. The van der Waals surface area contributed by atoms with Crippen LogP contribution in [0.1, 0.15) is 36.9 Å². The van der Waals surface area contributed by atoms with Crippen LogP contribution in [0.25, 0.3) is 0 Å². The molecule has 1 N–H and O–H groups in total. The Morgan fingerprint density at radius 1 is 1.52 bits per heavy atom. The van der Waals surface area contributed by atoms with Crippen LogP contribution in [0.3, 0.4) is 0 Å². The van der Waals surface area contributed by atoms with E-state index in [1.165, 1.54) is 7.11 Å². The molecule has 122 valence electrons. The van der Waals surface area contributed by atoms with Gasteiger partial charge in [-0.2, -0.15) is 0 Å². The molecule has 1 aromatic heterocycles. The van der Waals surface area contributed by atoms with Crippen LogP contribution in [0.2, 0.25) is 0 Å². The Balaban J connectivity index is 1.83. The van der Waals surface area contributed by atoms with E-state index in [-0.39, 0.29) is 18.1 Å². The average Bonchev–Trinajstić information content (AvgIpc) is 2.98. The summed E-state index contributed by atoms with van der Waals surface area (Å²) in [5.41, 5.74) is 0.704. The largest absolute Gasteiger partial charge is 0.453 e. The van der Waals surface area contributed by atoms with Crippen molar-refractivity contribution >= 4 is 6.09 Å². The first-order valence-corrected chi connectivity index (χ1v) is 8.06. The molecule has 5 heteroatoms. The highest BCUT2D eigenvalue weighted by atomic mass is 16.5. The van der Waals surface area contributed by atoms with Crippen LogP contribution >= 0.6 is 0 Å². The number of hydrogen-bond acceptors (Lipinski definition) is 4. The van der Waals surface area contributed by atoms with Crippen LogP contribution in [-0.2, 0) is 4.74 Å². The maximum absolute atomic E-state index is 11.9. The zero-order valence-corrected chi connectivity index (χ0v) is 13.6. The van der Waals surface area contributed by atoms with Crippen molar-refractivity contribution in [2.75, 3.05) is 13.7 Å². The summed E-state index contributed by atoms with van der Waals surface area (Å²) in [6.07, 6.45) is 4.55. The lowest BCUT2D eigenvalue weighted by Crippen LogP contribution is -2.49. The predicted molar refractivity (Wildman–Crippen MR) is 85.7 cm³/mol. The number of methoxy groups -OCH3 is 1. The zero-order valence-electron chi connectivity index (χ0n) is 13.6. The van der Waals surface area contributed by atoms with Crippen molar-refractivity contribution in [1.29, 1.82) is 0 Å². The first-order valence-electron chi connectivity index (χ1n) is 8.06. The molecule has 1 amide bonds. The molecule has 3 atom stereocenters. The molecule has 23 heavy (non-hydrogen) atoms. The smallest absolute Gasteiger partial charge is 0.409 e. The Kier molecular flexibility index (Phi) is 4.27. The van der Waals surface area contributed by atoms with Crippen LogP contribution < -0.4 is 0 Å². The quantitative estimate of drug-likeness (QED) is 0.745. The molecule has 1 aliphatic heterocycles. The minimum absolute atomic E-state index is 0.0148. The second kappa shape index (κ2) is 6.21. The number of fused-ring (bicyclic) bond motifs is 1. The van der Waals surface area contributed by atoms with Gasteiger partial charge >= 0.3 is 6.09 Å². The van der Waals surface area contributed by atoms with Gasteiger partial charge in [-0.25, -0.2) is 9.78 Å². The third-order valence-electron chi connectivity index (χ3n) is 4.95.